The summed E-state index contributed by atoms with van der Waals surface area (Å²) in [6.07, 6.45) is 7.70. The van der Waals surface area contributed by atoms with Crippen molar-refractivity contribution in [3.05, 3.63) is 23.8 Å². The van der Waals surface area contributed by atoms with E-state index in [0.29, 0.717) is 43.0 Å². The average molecular weight is 649 g/mol. The summed E-state index contributed by atoms with van der Waals surface area (Å²) in [5, 5.41) is 65.9. The second-order valence-corrected chi connectivity index (χ2v) is 9.72. The number of isocyanates is 2. The van der Waals surface area contributed by atoms with Gasteiger partial charge >= 0.3 is 11.9 Å². The van der Waals surface area contributed by atoms with Gasteiger partial charge in [0.25, 0.3) is 0 Å². The third-order valence-electron chi connectivity index (χ3n) is 5.03. The number of nitrogens with zero attached hydrogens (tertiary/aromatic N) is 2. The van der Waals surface area contributed by atoms with Gasteiger partial charge < -0.3 is 45.6 Å². The maximum absolute atomic E-state index is 10.00. The van der Waals surface area contributed by atoms with Gasteiger partial charge in [0, 0.05) is 37.0 Å². The van der Waals surface area contributed by atoms with E-state index in [1.165, 1.54) is 12.2 Å². The van der Waals surface area contributed by atoms with Crippen LogP contribution in [-0.4, -0.2) is 118 Å². The summed E-state index contributed by atoms with van der Waals surface area (Å²) in [5.74, 6) is -1.74. The largest absolute Gasteiger partial charge is 0.481 e. The number of aliphatic hydroxyl groups is 6. The van der Waals surface area contributed by atoms with Gasteiger partial charge in [-0.1, -0.05) is 32.8 Å². The number of rotatable bonds is 18. The maximum Gasteiger partial charge on any atom is 0.303 e. The molecule has 1 rings (SSSR count). The van der Waals surface area contributed by atoms with Crippen LogP contribution in [0.5, 0.6) is 0 Å². The Morgan fingerprint density at radius 2 is 1.07 bits per heavy atom. The van der Waals surface area contributed by atoms with E-state index in [0.717, 1.165) is 25.7 Å². The number of aliphatic hydroxyl groups excluding tert-OH is 6. The van der Waals surface area contributed by atoms with Gasteiger partial charge in [-0.2, -0.15) is 9.98 Å². The first-order valence-electron chi connectivity index (χ1n) is 14.3. The number of aliphatic carboxylic acids is 2. The molecule has 0 bridgehead atoms. The molecule has 0 radical (unpaired) electrons. The number of hydrogen-bond donors (Lipinski definition) is 8. The highest BCUT2D eigenvalue weighted by Crippen LogP contribution is 2.26. The van der Waals surface area contributed by atoms with Crippen molar-refractivity contribution in [1.29, 1.82) is 0 Å². The van der Waals surface area contributed by atoms with Crippen LogP contribution >= 0.6 is 0 Å². The maximum atomic E-state index is 10.00. The Kier molecular flexibility index (Phi) is 39.7. The molecule has 0 spiro atoms. The van der Waals surface area contributed by atoms with Crippen molar-refractivity contribution in [3.63, 3.8) is 0 Å². The Bertz CT molecular complexity index is 878. The normalized spacial score (nSPS) is 9.53. The first-order chi connectivity index (χ1) is 21.4. The molecule has 1 aromatic rings. The molecule has 0 aliphatic carbocycles. The molecule has 8 N–H and O–H groups in total. The van der Waals surface area contributed by atoms with Gasteiger partial charge in [0.2, 0.25) is 12.2 Å². The standard InChI is InChI=1S/C9H6N2O2.C6H10O4.C6H14O2.C5H12O2.C4H10O3/c1-7-8(10-5-12)3-2-4-9(7)11-6-13;7-5(8)3-1-2-4-6(9)10;7-5-3-1-2-4-6-8;1-5(2,3-6)4-7;5-1-3-7-4-2-6/h2-4H,1H3;1-4H2,(H,7,8)(H,9,10);7-8H,1-6H2;6-7H,3-4H2,1-2H3;5-6H,1-4H2. The predicted molar refractivity (Wildman–Crippen MR) is 166 cm³/mol. The smallest absolute Gasteiger partial charge is 0.303 e. The molecular formula is C30H52N2O13. The van der Waals surface area contributed by atoms with Gasteiger partial charge in [-0.25, -0.2) is 9.59 Å². The van der Waals surface area contributed by atoms with Crippen LogP contribution in [-0.2, 0) is 23.9 Å². The Balaban J connectivity index is -0.000000240. The van der Waals surface area contributed by atoms with E-state index < -0.39 is 11.9 Å². The van der Waals surface area contributed by atoms with Crippen molar-refractivity contribution in [2.45, 2.75) is 72.1 Å². The molecule has 0 amide bonds. The highest BCUT2D eigenvalue weighted by atomic mass is 16.5. The van der Waals surface area contributed by atoms with Crippen molar-refractivity contribution in [1.82, 2.24) is 0 Å². The zero-order valence-corrected chi connectivity index (χ0v) is 26.6. The zero-order valence-electron chi connectivity index (χ0n) is 26.6. The molecule has 1 aromatic carbocycles. The molecule has 15 nitrogen and oxygen atoms in total. The molecule has 0 fully saturated rings. The summed E-state index contributed by atoms with van der Waals surface area (Å²) in [6, 6.07) is 4.94. The third kappa shape index (κ3) is 40.6. The fourth-order valence-electron chi connectivity index (χ4n) is 2.36. The van der Waals surface area contributed by atoms with Crippen LogP contribution in [0, 0.1) is 12.3 Å². The molecule has 0 aliphatic rings. The Morgan fingerprint density at radius 1 is 0.689 bits per heavy atom. The fraction of sp³-hybridized carbons (Fsp3) is 0.667. The van der Waals surface area contributed by atoms with Crippen molar-refractivity contribution in [3.8, 4) is 0 Å². The number of hydrogen-bond acceptors (Lipinski definition) is 13. The van der Waals surface area contributed by atoms with Crippen LogP contribution in [0.25, 0.3) is 0 Å². The van der Waals surface area contributed by atoms with E-state index >= 15 is 0 Å². The molecule has 0 aliphatic heterocycles. The molecular weight excluding hydrogens is 596 g/mol. The predicted octanol–water partition coefficient (Wildman–Crippen LogP) is 2.16. The van der Waals surface area contributed by atoms with Gasteiger partial charge in [0.05, 0.1) is 51.0 Å². The van der Waals surface area contributed by atoms with Crippen LogP contribution in [0.4, 0.5) is 11.4 Å². The number of ether oxygens (including phenoxy) is 1. The lowest BCUT2D eigenvalue weighted by Gasteiger charge is -2.16. The number of unbranched alkanes of at least 4 members (excludes halogenated alkanes) is 4. The molecule has 15 heteroatoms. The third-order valence-corrected chi connectivity index (χ3v) is 5.03. The van der Waals surface area contributed by atoms with Crippen LogP contribution in [0.15, 0.2) is 28.2 Å². The van der Waals surface area contributed by atoms with Crippen molar-refractivity contribution >= 4 is 35.5 Å². The van der Waals surface area contributed by atoms with Gasteiger partial charge in [-0.3, -0.25) is 9.59 Å². The molecule has 0 unspecified atom stereocenters. The first kappa shape index (κ1) is 48.5. The highest BCUT2D eigenvalue weighted by molar-refractivity contribution is 5.68. The Morgan fingerprint density at radius 3 is 1.31 bits per heavy atom. The first-order valence-corrected chi connectivity index (χ1v) is 14.3. The summed E-state index contributed by atoms with van der Waals surface area (Å²) in [7, 11) is 0. The van der Waals surface area contributed by atoms with Gasteiger partial charge in [0.1, 0.15) is 0 Å². The lowest BCUT2D eigenvalue weighted by atomic mass is 9.97. The lowest BCUT2D eigenvalue weighted by molar-refractivity contribution is -0.139. The van der Waals surface area contributed by atoms with E-state index in [-0.39, 0.29) is 57.9 Å². The van der Waals surface area contributed by atoms with E-state index in [2.05, 4.69) is 14.7 Å². The Hall–Kier alpha value is -3.36. The second-order valence-electron chi connectivity index (χ2n) is 9.72. The van der Waals surface area contributed by atoms with Gasteiger partial charge in [-0.05, 0) is 44.7 Å². The summed E-state index contributed by atoms with van der Waals surface area (Å²) < 4.78 is 4.63. The van der Waals surface area contributed by atoms with Crippen LogP contribution in [0.3, 0.4) is 0 Å². The number of carboxylic acids is 2. The van der Waals surface area contributed by atoms with Crippen LogP contribution in [0.1, 0.15) is 70.8 Å². The number of carbonyl (C=O) groups is 2. The molecule has 0 heterocycles. The second kappa shape index (κ2) is 36.8. The molecule has 45 heavy (non-hydrogen) atoms. The quantitative estimate of drug-likeness (QED) is 0.0645. The summed E-state index contributed by atoms with van der Waals surface area (Å²) in [4.78, 5) is 46.7. The minimum atomic E-state index is -0.870. The minimum absolute atomic E-state index is 0.0278. The number of carboxylic acid groups (broad SMARTS) is 2. The highest BCUT2D eigenvalue weighted by Gasteiger charge is 2.13. The monoisotopic (exact) mass is 648 g/mol. The number of aliphatic imine (C=N–C) groups is 2. The minimum Gasteiger partial charge on any atom is -0.481 e. The summed E-state index contributed by atoms with van der Waals surface area (Å²) >= 11 is 0. The van der Waals surface area contributed by atoms with Crippen molar-refractivity contribution in [2.75, 3.05) is 52.9 Å². The topological polar surface area (TPSA) is 264 Å². The van der Waals surface area contributed by atoms with Crippen molar-refractivity contribution < 1.29 is 64.8 Å². The van der Waals surface area contributed by atoms with E-state index in [4.69, 9.17) is 40.9 Å². The Labute approximate surface area is 264 Å². The van der Waals surface area contributed by atoms with Gasteiger partial charge in [-0.15, -0.1) is 0 Å². The van der Waals surface area contributed by atoms with Crippen molar-refractivity contribution in [2.24, 2.45) is 15.4 Å². The van der Waals surface area contributed by atoms with E-state index in [1.807, 2.05) is 0 Å². The van der Waals surface area contributed by atoms with Gasteiger partial charge in [0.15, 0.2) is 0 Å². The average Bonchev–Trinajstić information content (AvgIpc) is 3.01. The number of carbonyl (C=O) groups excluding carboxylic acids is 2. The summed E-state index contributed by atoms with van der Waals surface area (Å²) in [6.45, 7) is 6.66. The van der Waals surface area contributed by atoms with Crippen LogP contribution in [0.2, 0.25) is 0 Å². The van der Waals surface area contributed by atoms with E-state index in [1.54, 1.807) is 39.0 Å². The SMILES string of the molecule is CC(C)(CO)CO.Cc1c(N=C=O)cccc1N=C=O.O=C(O)CCCCC(=O)O.OCCCCCCO.OCCOCCO. The molecule has 260 valence electrons. The molecule has 0 saturated carbocycles. The molecule has 0 atom stereocenters. The summed E-state index contributed by atoms with van der Waals surface area (Å²) in [5.41, 5.74) is 1.28. The fourth-order valence-corrected chi connectivity index (χ4v) is 2.36. The molecule has 0 saturated heterocycles. The molecule has 0 aromatic heterocycles. The van der Waals surface area contributed by atoms with Crippen LogP contribution < -0.4 is 0 Å². The number of benzene rings is 1. The van der Waals surface area contributed by atoms with E-state index in [9.17, 15) is 19.2 Å². The zero-order chi connectivity index (χ0) is 35.4. The lowest BCUT2D eigenvalue weighted by Crippen LogP contribution is -2.20.